The van der Waals surface area contributed by atoms with Gasteiger partial charge < -0.3 is 19.9 Å². The zero-order valence-corrected chi connectivity index (χ0v) is 21.4. The van der Waals surface area contributed by atoms with Gasteiger partial charge in [0.15, 0.2) is 11.5 Å². The fourth-order valence-electron chi connectivity index (χ4n) is 4.73. The Balaban J connectivity index is 1.91. The number of nitrogens with zero attached hydrogens (tertiary/aromatic N) is 5. The molecule has 0 saturated heterocycles. The summed E-state index contributed by atoms with van der Waals surface area (Å²) in [6, 6.07) is 2.79. The molecule has 10 nitrogen and oxygen atoms in total. The molecule has 2 amide bonds. The Hall–Kier alpha value is -3.68. The zero-order chi connectivity index (χ0) is 28.0. The minimum atomic E-state index is -4.64. The van der Waals surface area contributed by atoms with Gasteiger partial charge in [-0.25, -0.2) is 9.37 Å². The highest BCUT2D eigenvalue weighted by Crippen LogP contribution is 2.46. The lowest BCUT2D eigenvalue weighted by molar-refractivity contribution is -0.218. The first-order valence-corrected chi connectivity index (χ1v) is 12.0. The van der Waals surface area contributed by atoms with E-state index in [9.17, 15) is 27.2 Å². The number of methoxy groups -OCH3 is 1. The number of hydrogen-bond acceptors (Lipinski definition) is 6. The Morgan fingerprint density at radius 1 is 1.26 bits per heavy atom. The van der Waals surface area contributed by atoms with Gasteiger partial charge in [-0.3, -0.25) is 19.6 Å². The fourth-order valence-corrected chi connectivity index (χ4v) is 4.73. The average molecular weight is 540 g/mol. The number of carbonyl (C=O) groups is 2. The maximum absolute atomic E-state index is 14.7. The van der Waals surface area contributed by atoms with Crippen LogP contribution in [0.3, 0.4) is 0 Å². The number of imidazole rings is 1. The number of amides is 2. The minimum Gasteiger partial charge on any atom is -0.385 e. The number of nitrogens with one attached hydrogen (secondary N) is 1. The highest BCUT2D eigenvalue weighted by Gasteiger charge is 2.54. The molecular weight excluding hydrogens is 510 g/mol. The van der Waals surface area contributed by atoms with Gasteiger partial charge in [0.1, 0.15) is 0 Å². The van der Waals surface area contributed by atoms with E-state index in [1.54, 1.807) is 6.92 Å². The molecule has 3 heterocycles. The lowest BCUT2D eigenvalue weighted by atomic mass is 9.89. The Morgan fingerprint density at radius 2 is 1.97 bits per heavy atom. The fraction of sp³-hybridized carbons (Fsp3) is 0.500. The molecule has 206 valence electrons. The minimum absolute atomic E-state index is 0.00755. The number of primary amides is 1. The predicted octanol–water partition coefficient (Wildman–Crippen LogP) is 3.48. The molecule has 3 aromatic rings. The first-order chi connectivity index (χ1) is 17.8. The summed E-state index contributed by atoms with van der Waals surface area (Å²) in [6.07, 6.45) is -4.22. The van der Waals surface area contributed by atoms with Crippen molar-refractivity contribution in [2.24, 2.45) is 11.1 Å². The van der Waals surface area contributed by atoms with Crippen molar-refractivity contribution in [2.45, 2.75) is 46.5 Å². The van der Waals surface area contributed by atoms with Crippen molar-refractivity contribution in [1.29, 1.82) is 0 Å². The number of hydrogen-bond donors (Lipinski definition) is 2. The molecule has 3 N–H and O–H groups in total. The second kappa shape index (κ2) is 9.89. The Labute approximate surface area is 215 Å². The number of halogens is 4. The van der Waals surface area contributed by atoms with Gasteiger partial charge in [0.2, 0.25) is 11.9 Å². The van der Waals surface area contributed by atoms with Crippen LogP contribution in [0.15, 0.2) is 12.1 Å². The smallest absolute Gasteiger partial charge is 0.385 e. The standard InChI is InChI=1S/C24H29F4N7O3/c1-5-35-19(17(25)13(2)32-35)21(37)31-22-30-15-9-14(20(29)36)10-16-18(15)34(22)12-23(3,24(26,27)28)11-33(16)7-6-8-38-4/h9-10H,5-8,11-12H2,1-4H3,(H2,29,36)(H,30,31,37)/t23-/m1/s1. The summed E-state index contributed by atoms with van der Waals surface area (Å²) in [7, 11) is 1.49. The van der Waals surface area contributed by atoms with Crippen molar-refractivity contribution in [3.05, 3.63) is 34.9 Å². The molecule has 1 aliphatic rings. The molecule has 0 spiro atoms. The van der Waals surface area contributed by atoms with Crippen LogP contribution in [0.4, 0.5) is 29.2 Å². The molecule has 2 aromatic heterocycles. The van der Waals surface area contributed by atoms with Crippen LogP contribution in [-0.2, 0) is 17.8 Å². The molecule has 14 heteroatoms. The monoisotopic (exact) mass is 539 g/mol. The van der Waals surface area contributed by atoms with Gasteiger partial charge in [0.25, 0.3) is 5.91 Å². The van der Waals surface area contributed by atoms with Gasteiger partial charge in [-0.15, -0.1) is 0 Å². The maximum atomic E-state index is 14.7. The maximum Gasteiger partial charge on any atom is 0.397 e. The van der Waals surface area contributed by atoms with Crippen LogP contribution in [0.5, 0.6) is 0 Å². The quantitative estimate of drug-likeness (QED) is 0.334. The van der Waals surface area contributed by atoms with E-state index in [1.165, 1.54) is 40.3 Å². The van der Waals surface area contributed by atoms with Crippen molar-refractivity contribution in [2.75, 3.05) is 37.0 Å². The van der Waals surface area contributed by atoms with E-state index in [-0.39, 0.29) is 47.0 Å². The number of rotatable bonds is 8. The Kier molecular flexibility index (Phi) is 7.12. The highest BCUT2D eigenvalue weighted by atomic mass is 19.4. The number of nitrogens with two attached hydrogens (primary N) is 1. The molecule has 0 radical (unpaired) electrons. The van der Waals surface area contributed by atoms with Gasteiger partial charge in [-0.1, -0.05) is 0 Å². The van der Waals surface area contributed by atoms with Gasteiger partial charge >= 0.3 is 6.18 Å². The normalized spacial score (nSPS) is 17.6. The summed E-state index contributed by atoms with van der Waals surface area (Å²) >= 11 is 0. The largest absolute Gasteiger partial charge is 0.397 e. The predicted molar refractivity (Wildman–Crippen MR) is 132 cm³/mol. The number of aromatic nitrogens is 4. The molecule has 38 heavy (non-hydrogen) atoms. The van der Waals surface area contributed by atoms with Gasteiger partial charge in [-0.2, -0.15) is 18.3 Å². The lowest BCUT2D eigenvalue weighted by Crippen LogP contribution is -2.47. The third kappa shape index (κ3) is 4.68. The van der Waals surface area contributed by atoms with Gasteiger partial charge in [0, 0.05) is 45.5 Å². The van der Waals surface area contributed by atoms with E-state index in [4.69, 9.17) is 10.5 Å². The van der Waals surface area contributed by atoms with Crippen LogP contribution >= 0.6 is 0 Å². The summed E-state index contributed by atoms with van der Waals surface area (Å²) in [5.41, 5.74) is 3.70. The van der Waals surface area contributed by atoms with Crippen molar-refractivity contribution in [3.8, 4) is 0 Å². The van der Waals surface area contributed by atoms with Crippen molar-refractivity contribution in [3.63, 3.8) is 0 Å². The summed E-state index contributed by atoms with van der Waals surface area (Å²) in [6.45, 7) is 3.86. The van der Waals surface area contributed by atoms with Crippen LogP contribution in [-0.4, -0.2) is 64.1 Å². The second-order valence-electron chi connectivity index (χ2n) is 9.59. The van der Waals surface area contributed by atoms with Crippen LogP contribution in [0.25, 0.3) is 11.0 Å². The molecule has 0 bridgehead atoms. The SMILES string of the molecule is CCn1nc(C)c(F)c1C(=O)Nc1nc2cc(C(N)=O)cc3c2n1C[C@](C)(C(F)(F)F)CN3CCCOC. The number of alkyl halides is 3. The van der Waals surface area contributed by atoms with E-state index in [0.29, 0.717) is 18.7 Å². The molecule has 0 saturated carbocycles. The molecule has 1 atom stereocenters. The van der Waals surface area contributed by atoms with E-state index < -0.39 is 42.3 Å². The summed E-state index contributed by atoms with van der Waals surface area (Å²) in [4.78, 5) is 31.1. The molecule has 0 unspecified atom stereocenters. The van der Waals surface area contributed by atoms with Crippen LogP contribution in [0.2, 0.25) is 0 Å². The number of ether oxygens (including phenoxy) is 1. The summed E-state index contributed by atoms with van der Waals surface area (Å²) < 4.78 is 65.7. The Morgan fingerprint density at radius 3 is 2.58 bits per heavy atom. The topological polar surface area (TPSA) is 120 Å². The first kappa shape index (κ1) is 27.4. The van der Waals surface area contributed by atoms with Crippen LogP contribution in [0, 0.1) is 18.2 Å². The van der Waals surface area contributed by atoms with E-state index in [0.717, 1.165) is 6.92 Å². The van der Waals surface area contributed by atoms with Crippen LogP contribution < -0.4 is 16.0 Å². The van der Waals surface area contributed by atoms with Gasteiger partial charge in [-0.05, 0) is 39.3 Å². The molecule has 0 aliphatic carbocycles. The third-order valence-electron chi connectivity index (χ3n) is 6.75. The number of aryl methyl sites for hydroxylation is 2. The van der Waals surface area contributed by atoms with Crippen molar-refractivity contribution < 1.29 is 31.9 Å². The zero-order valence-electron chi connectivity index (χ0n) is 21.4. The van der Waals surface area contributed by atoms with Crippen molar-refractivity contribution >= 4 is 34.5 Å². The first-order valence-electron chi connectivity index (χ1n) is 12.0. The molecular formula is C24H29F4N7O3. The molecule has 4 rings (SSSR count). The molecule has 1 aromatic carbocycles. The average Bonchev–Trinajstić information content (AvgIpc) is 3.27. The number of benzene rings is 1. The molecule has 1 aliphatic heterocycles. The third-order valence-corrected chi connectivity index (χ3v) is 6.75. The summed E-state index contributed by atoms with van der Waals surface area (Å²) in [5, 5.41) is 6.47. The second-order valence-corrected chi connectivity index (χ2v) is 9.59. The van der Waals surface area contributed by atoms with Crippen LogP contribution in [0.1, 0.15) is 46.8 Å². The number of carbonyl (C=O) groups excluding carboxylic acids is 2. The highest BCUT2D eigenvalue weighted by molar-refractivity contribution is 6.05. The number of anilines is 2. The Bertz CT molecular complexity index is 1400. The van der Waals surface area contributed by atoms with E-state index >= 15 is 0 Å². The lowest BCUT2D eigenvalue weighted by Gasteiger charge is -2.36. The van der Waals surface area contributed by atoms with Crippen molar-refractivity contribution in [1.82, 2.24) is 19.3 Å². The summed E-state index contributed by atoms with van der Waals surface area (Å²) in [5.74, 6) is -2.75. The van der Waals surface area contributed by atoms with E-state index in [2.05, 4.69) is 15.4 Å². The van der Waals surface area contributed by atoms with E-state index in [1.807, 2.05) is 0 Å². The van der Waals surface area contributed by atoms with Gasteiger partial charge in [0.05, 0.1) is 27.8 Å². The molecule has 0 fully saturated rings.